The van der Waals surface area contributed by atoms with E-state index in [0.717, 1.165) is 0 Å². The van der Waals surface area contributed by atoms with Crippen molar-refractivity contribution in [3.8, 4) is 0 Å². The monoisotopic (exact) mass is 238 g/mol. The van der Waals surface area contributed by atoms with Crippen LogP contribution in [0.5, 0.6) is 0 Å². The van der Waals surface area contributed by atoms with Gasteiger partial charge in [-0.05, 0) is 37.1 Å². The first-order valence-electron chi connectivity index (χ1n) is 5.40. The lowest BCUT2D eigenvalue weighted by molar-refractivity contribution is -0.140. The molecule has 0 bridgehead atoms. The number of hydrogen-bond donors (Lipinski definition) is 0. The molecule has 17 heavy (non-hydrogen) atoms. The molecular weight excluding hydrogens is 223 g/mol. The van der Waals surface area contributed by atoms with Crippen molar-refractivity contribution in [2.45, 2.75) is 26.2 Å². The fourth-order valence-corrected chi connectivity index (χ4v) is 1.46. The largest absolute Gasteiger partial charge is 0.469 e. The number of halogens is 1. The predicted molar refractivity (Wildman–Crippen MR) is 61.3 cm³/mol. The van der Waals surface area contributed by atoms with Crippen molar-refractivity contribution in [2.75, 3.05) is 7.11 Å². The van der Waals surface area contributed by atoms with E-state index >= 15 is 0 Å². The molecule has 0 amide bonds. The summed E-state index contributed by atoms with van der Waals surface area (Å²) in [5.41, 5.74) is 0.928. The third-order valence-electron chi connectivity index (χ3n) is 2.49. The average Bonchev–Trinajstić information content (AvgIpc) is 2.32. The van der Waals surface area contributed by atoms with Crippen LogP contribution in [0.25, 0.3) is 0 Å². The van der Waals surface area contributed by atoms with Gasteiger partial charge in [0.1, 0.15) is 5.82 Å². The van der Waals surface area contributed by atoms with E-state index in [1.807, 2.05) is 0 Å². The van der Waals surface area contributed by atoms with Gasteiger partial charge in [-0.15, -0.1) is 0 Å². The molecule has 1 aromatic rings. The van der Waals surface area contributed by atoms with E-state index in [2.05, 4.69) is 4.74 Å². The summed E-state index contributed by atoms with van der Waals surface area (Å²) in [6.07, 6.45) is 0.935. The first-order chi connectivity index (χ1) is 8.04. The maximum absolute atomic E-state index is 13.0. The minimum absolute atomic E-state index is 0.0861. The van der Waals surface area contributed by atoms with E-state index in [4.69, 9.17) is 0 Å². The third-order valence-corrected chi connectivity index (χ3v) is 2.49. The van der Waals surface area contributed by atoms with E-state index in [0.29, 0.717) is 17.5 Å². The summed E-state index contributed by atoms with van der Waals surface area (Å²) in [7, 11) is 1.31. The molecule has 0 fully saturated rings. The zero-order valence-corrected chi connectivity index (χ0v) is 9.96. The molecule has 1 rings (SSSR count). The van der Waals surface area contributed by atoms with E-state index in [1.54, 1.807) is 6.92 Å². The Morgan fingerprint density at radius 1 is 1.29 bits per heavy atom. The minimum Gasteiger partial charge on any atom is -0.469 e. The van der Waals surface area contributed by atoms with Crippen molar-refractivity contribution in [2.24, 2.45) is 0 Å². The quantitative estimate of drug-likeness (QED) is 0.585. The predicted octanol–water partition coefficient (Wildman–Crippen LogP) is 2.66. The molecule has 4 heteroatoms. The second-order valence-electron chi connectivity index (χ2n) is 3.82. The number of rotatable bonds is 5. The second-order valence-corrected chi connectivity index (χ2v) is 3.82. The van der Waals surface area contributed by atoms with Gasteiger partial charge < -0.3 is 4.74 Å². The summed E-state index contributed by atoms with van der Waals surface area (Å²) < 4.78 is 17.5. The molecule has 92 valence electrons. The van der Waals surface area contributed by atoms with Gasteiger partial charge in [0.2, 0.25) is 0 Å². The Kier molecular flexibility index (Phi) is 4.82. The van der Waals surface area contributed by atoms with E-state index in [9.17, 15) is 14.0 Å². The first-order valence-corrected chi connectivity index (χ1v) is 5.40. The zero-order chi connectivity index (χ0) is 12.8. The number of ether oxygens (including phenoxy) is 1. The van der Waals surface area contributed by atoms with Crippen molar-refractivity contribution in [1.82, 2.24) is 0 Å². The summed E-state index contributed by atoms with van der Waals surface area (Å²) in [5, 5.41) is 0. The lowest BCUT2D eigenvalue weighted by Gasteiger charge is -2.03. The van der Waals surface area contributed by atoms with Crippen LogP contribution < -0.4 is 0 Å². The molecule has 0 spiro atoms. The summed E-state index contributed by atoms with van der Waals surface area (Å²) in [5.74, 6) is -0.735. The number of methoxy groups -OCH3 is 1. The number of aryl methyl sites for hydroxylation is 1. The van der Waals surface area contributed by atoms with Gasteiger partial charge in [-0.25, -0.2) is 4.39 Å². The molecule has 0 saturated carbocycles. The molecule has 0 saturated heterocycles. The molecule has 0 radical (unpaired) electrons. The van der Waals surface area contributed by atoms with Crippen LogP contribution in [0.15, 0.2) is 18.2 Å². The van der Waals surface area contributed by atoms with Gasteiger partial charge in [0.15, 0.2) is 5.78 Å². The van der Waals surface area contributed by atoms with Gasteiger partial charge in [-0.2, -0.15) is 0 Å². The number of hydrogen-bond acceptors (Lipinski definition) is 3. The molecule has 0 N–H and O–H groups in total. The summed E-state index contributed by atoms with van der Waals surface area (Å²) in [6.45, 7) is 1.61. The summed E-state index contributed by atoms with van der Waals surface area (Å²) in [4.78, 5) is 22.5. The maximum Gasteiger partial charge on any atom is 0.305 e. The van der Waals surface area contributed by atoms with Crippen LogP contribution in [-0.4, -0.2) is 18.9 Å². The van der Waals surface area contributed by atoms with Crippen molar-refractivity contribution in [1.29, 1.82) is 0 Å². The molecule has 0 aromatic heterocycles. The van der Waals surface area contributed by atoms with Crippen LogP contribution in [0.1, 0.15) is 35.2 Å². The molecule has 0 atom stereocenters. The van der Waals surface area contributed by atoms with Gasteiger partial charge >= 0.3 is 5.97 Å². The van der Waals surface area contributed by atoms with Crippen molar-refractivity contribution in [3.05, 3.63) is 35.1 Å². The molecule has 0 aliphatic carbocycles. The van der Waals surface area contributed by atoms with Crippen molar-refractivity contribution < 1.29 is 18.7 Å². The van der Waals surface area contributed by atoms with Crippen molar-refractivity contribution in [3.63, 3.8) is 0 Å². The summed E-state index contributed by atoms with van der Waals surface area (Å²) in [6, 6.07) is 4.27. The van der Waals surface area contributed by atoms with E-state index in [1.165, 1.54) is 25.3 Å². The highest BCUT2D eigenvalue weighted by atomic mass is 19.1. The molecule has 0 unspecified atom stereocenters. The molecule has 1 aromatic carbocycles. The average molecular weight is 238 g/mol. The lowest BCUT2D eigenvalue weighted by atomic mass is 10.0. The third kappa shape index (κ3) is 3.98. The van der Waals surface area contributed by atoms with Gasteiger partial charge in [-0.3, -0.25) is 9.59 Å². The van der Waals surface area contributed by atoms with Crippen LogP contribution in [0.3, 0.4) is 0 Å². The number of carbonyl (C=O) groups is 2. The first kappa shape index (κ1) is 13.4. The fraction of sp³-hybridized carbons (Fsp3) is 0.385. The van der Waals surface area contributed by atoms with Crippen LogP contribution in [-0.2, 0) is 9.53 Å². The number of Topliss-reactive ketones (excluding diaryl/α,β-unsaturated/α-hetero) is 1. The lowest BCUT2D eigenvalue weighted by Crippen LogP contribution is -2.04. The van der Waals surface area contributed by atoms with Gasteiger partial charge in [0.05, 0.1) is 7.11 Å². The van der Waals surface area contributed by atoms with E-state index in [-0.39, 0.29) is 30.4 Å². The van der Waals surface area contributed by atoms with Crippen LogP contribution in [0.4, 0.5) is 4.39 Å². The Hall–Kier alpha value is -1.71. The Labute approximate surface area is 99.6 Å². The minimum atomic E-state index is -0.326. The Bertz CT molecular complexity index is 427. The molecule has 0 heterocycles. The van der Waals surface area contributed by atoms with Crippen molar-refractivity contribution >= 4 is 11.8 Å². The smallest absolute Gasteiger partial charge is 0.305 e. The SMILES string of the molecule is COC(=O)CCCC(=O)c1ccc(F)c(C)c1. The molecule has 0 aliphatic rings. The Balaban J connectivity index is 2.52. The second kappa shape index (κ2) is 6.13. The normalized spacial score (nSPS) is 10.1. The number of carbonyl (C=O) groups excluding carboxylic acids is 2. The highest BCUT2D eigenvalue weighted by Crippen LogP contribution is 2.12. The van der Waals surface area contributed by atoms with Crippen LogP contribution >= 0.6 is 0 Å². The highest BCUT2D eigenvalue weighted by molar-refractivity contribution is 5.96. The summed E-state index contributed by atoms with van der Waals surface area (Å²) >= 11 is 0. The highest BCUT2D eigenvalue weighted by Gasteiger charge is 2.09. The van der Waals surface area contributed by atoms with Gasteiger partial charge in [0, 0.05) is 18.4 Å². The topological polar surface area (TPSA) is 43.4 Å². The van der Waals surface area contributed by atoms with Crippen LogP contribution in [0.2, 0.25) is 0 Å². The molecule has 0 aliphatic heterocycles. The van der Waals surface area contributed by atoms with Gasteiger partial charge in [-0.1, -0.05) is 0 Å². The molecular formula is C13H15FO3. The van der Waals surface area contributed by atoms with Gasteiger partial charge in [0.25, 0.3) is 0 Å². The number of esters is 1. The standard InChI is InChI=1S/C13H15FO3/c1-9-8-10(6-7-11(9)14)12(15)4-3-5-13(16)17-2/h6-8H,3-5H2,1-2H3. The van der Waals surface area contributed by atoms with Crippen LogP contribution in [0, 0.1) is 12.7 Å². The number of ketones is 1. The van der Waals surface area contributed by atoms with E-state index < -0.39 is 0 Å². The number of benzene rings is 1. The Morgan fingerprint density at radius 3 is 2.59 bits per heavy atom. The fourth-order valence-electron chi connectivity index (χ4n) is 1.46. The zero-order valence-electron chi connectivity index (χ0n) is 9.96. The molecule has 3 nitrogen and oxygen atoms in total. The Morgan fingerprint density at radius 2 is 2.00 bits per heavy atom. The maximum atomic E-state index is 13.0.